The molecule has 0 saturated carbocycles. The van der Waals surface area contributed by atoms with E-state index in [1.807, 2.05) is 43.3 Å². The molecule has 2 heterocycles. The number of para-hydroxylation sites is 1. The van der Waals surface area contributed by atoms with Gasteiger partial charge in [-0.15, -0.1) is 0 Å². The number of nitrogens with zero attached hydrogens (tertiary/aromatic N) is 1. The maximum Gasteiger partial charge on any atom is 0.419 e. The van der Waals surface area contributed by atoms with E-state index < -0.39 is 12.1 Å². The minimum atomic E-state index is -0.537. The van der Waals surface area contributed by atoms with Gasteiger partial charge >= 0.3 is 12.1 Å². The van der Waals surface area contributed by atoms with Crippen molar-refractivity contribution in [3.8, 4) is 5.75 Å². The minimum Gasteiger partial charge on any atom is -0.462 e. The average molecular weight is 390 g/mol. The van der Waals surface area contributed by atoms with E-state index >= 15 is 0 Å². The van der Waals surface area contributed by atoms with Gasteiger partial charge in [-0.2, -0.15) is 0 Å². The van der Waals surface area contributed by atoms with Gasteiger partial charge in [0, 0.05) is 23.6 Å². The lowest BCUT2D eigenvalue weighted by molar-refractivity contribution is -0.136. The van der Waals surface area contributed by atoms with Crippen LogP contribution < -0.4 is 4.74 Å². The van der Waals surface area contributed by atoms with Crippen LogP contribution in [0.25, 0.3) is 16.5 Å². The maximum absolute atomic E-state index is 12.8. The van der Waals surface area contributed by atoms with Crippen molar-refractivity contribution < 1.29 is 19.1 Å². The van der Waals surface area contributed by atoms with Crippen molar-refractivity contribution in [1.29, 1.82) is 0 Å². The Balaban J connectivity index is 1.69. The van der Waals surface area contributed by atoms with Crippen molar-refractivity contribution in [1.82, 2.24) is 9.88 Å². The zero-order valence-electron chi connectivity index (χ0n) is 16.4. The molecule has 29 heavy (non-hydrogen) atoms. The molecule has 1 aromatic heterocycles. The smallest absolute Gasteiger partial charge is 0.419 e. The molecule has 0 unspecified atom stereocenters. The first kappa shape index (κ1) is 18.8. The largest absolute Gasteiger partial charge is 0.462 e. The van der Waals surface area contributed by atoms with Crippen LogP contribution in [0.2, 0.25) is 0 Å². The molecule has 6 nitrogen and oxygen atoms in total. The van der Waals surface area contributed by atoms with Crippen LogP contribution in [0, 0.1) is 6.92 Å². The highest BCUT2D eigenvalue weighted by molar-refractivity contribution is 6.18. The molecular formula is C23H22N2O4. The summed E-state index contributed by atoms with van der Waals surface area (Å²) in [4.78, 5) is 30.2. The summed E-state index contributed by atoms with van der Waals surface area (Å²) >= 11 is 0. The second-order valence-corrected chi connectivity index (χ2v) is 6.91. The lowest BCUT2D eigenvalue weighted by Crippen LogP contribution is -2.30. The number of ether oxygens (including phenoxy) is 2. The number of H-pyrrole nitrogens is 1. The molecule has 2 aromatic carbocycles. The number of aromatic nitrogens is 1. The molecule has 0 saturated heterocycles. The number of hydrogen-bond donors (Lipinski definition) is 1. The quantitative estimate of drug-likeness (QED) is 0.671. The van der Waals surface area contributed by atoms with Gasteiger partial charge < -0.3 is 14.5 Å². The first-order chi connectivity index (χ1) is 14.1. The summed E-state index contributed by atoms with van der Waals surface area (Å²) in [7, 11) is 0. The van der Waals surface area contributed by atoms with Gasteiger partial charge in [0.1, 0.15) is 5.75 Å². The predicted molar refractivity (Wildman–Crippen MR) is 111 cm³/mol. The van der Waals surface area contributed by atoms with Crippen molar-refractivity contribution in [3.63, 3.8) is 0 Å². The molecule has 0 bridgehead atoms. The zero-order valence-corrected chi connectivity index (χ0v) is 16.4. The van der Waals surface area contributed by atoms with E-state index in [0.717, 1.165) is 22.0 Å². The van der Waals surface area contributed by atoms with E-state index in [0.29, 0.717) is 30.0 Å². The van der Waals surface area contributed by atoms with Crippen molar-refractivity contribution in [2.24, 2.45) is 0 Å². The number of aromatic amines is 1. The van der Waals surface area contributed by atoms with E-state index in [1.54, 1.807) is 19.1 Å². The molecule has 3 aromatic rings. The second-order valence-electron chi connectivity index (χ2n) is 6.91. The van der Waals surface area contributed by atoms with Crippen LogP contribution in [0.1, 0.15) is 23.7 Å². The fourth-order valence-electron chi connectivity index (χ4n) is 3.48. The third-order valence-electron chi connectivity index (χ3n) is 4.93. The Hall–Kier alpha value is -3.54. The van der Waals surface area contributed by atoms with E-state index in [1.165, 1.54) is 11.1 Å². The van der Waals surface area contributed by atoms with Gasteiger partial charge in [0.2, 0.25) is 0 Å². The maximum atomic E-state index is 12.8. The van der Waals surface area contributed by atoms with E-state index in [4.69, 9.17) is 9.47 Å². The molecule has 1 amide bonds. The molecule has 4 rings (SSSR count). The summed E-state index contributed by atoms with van der Waals surface area (Å²) in [5.74, 6) is -0.0183. The lowest BCUT2D eigenvalue weighted by atomic mass is 10.0. The summed E-state index contributed by atoms with van der Waals surface area (Å²) in [5.41, 5.74) is 4.02. The topological polar surface area (TPSA) is 71.6 Å². The van der Waals surface area contributed by atoms with Crippen molar-refractivity contribution in [3.05, 3.63) is 71.6 Å². The van der Waals surface area contributed by atoms with Gasteiger partial charge in [-0.05, 0) is 44.0 Å². The minimum absolute atomic E-state index is 0.250. The highest BCUT2D eigenvalue weighted by atomic mass is 16.6. The Labute approximate surface area is 168 Å². The normalized spacial score (nSPS) is 13.4. The summed E-state index contributed by atoms with van der Waals surface area (Å²) in [5, 5.41) is 1.03. The van der Waals surface area contributed by atoms with Gasteiger partial charge in [-0.25, -0.2) is 9.59 Å². The Bertz CT molecular complexity index is 1100. The number of nitrogens with one attached hydrogen (secondary N) is 1. The summed E-state index contributed by atoms with van der Waals surface area (Å²) < 4.78 is 10.7. The predicted octanol–water partition coefficient (Wildman–Crippen LogP) is 4.44. The molecule has 0 atom stereocenters. The van der Waals surface area contributed by atoms with Crippen LogP contribution in [-0.2, 0) is 16.0 Å². The Kier molecular flexibility index (Phi) is 5.08. The number of carbonyl (C=O) groups excluding carboxylic acids is 2. The summed E-state index contributed by atoms with van der Waals surface area (Å²) in [6.45, 7) is 4.36. The second kappa shape index (κ2) is 7.83. The molecule has 1 aliphatic rings. The van der Waals surface area contributed by atoms with E-state index in [9.17, 15) is 9.59 Å². The number of fused-ring (bicyclic) bond motifs is 3. The average Bonchev–Trinajstić information content (AvgIpc) is 2.97. The Morgan fingerprint density at radius 1 is 1.10 bits per heavy atom. The standard InChI is InChI=1S/C23H22N2O4/c1-3-28-22(26)19-14-25(23(27)29-16-10-8-15(2)9-11-16)13-12-18-17-6-4-5-7-20(17)24-21(18)19/h4-11,14,24H,3,12-13H2,1-2H3. The SMILES string of the molecule is CCOC(=O)C1=CN(C(=O)Oc2ccc(C)cc2)CCc2c1[nH]c1ccccc21. The zero-order chi connectivity index (χ0) is 20.4. The molecule has 1 aliphatic heterocycles. The van der Waals surface area contributed by atoms with Crippen LogP contribution in [0.5, 0.6) is 5.75 Å². The number of amides is 1. The molecule has 0 radical (unpaired) electrons. The third kappa shape index (κ3) is 3.74. The van der Waals surface area contributed by atoms with Crippen LogP contribution >= 0.6 is 0 Å². The van der Waals surface area contributed by atoms with Crippen LogP contribution in [0.3, 0.4) is 0 Å². The number of hydrogen-bond acceptors (Lipinski definition) is 4. The van der Waals surface area contributed by atoms with Crippen LogP contribution in [0.15, 0.2) is 54.7 Å². The molecule has 0 spiro atoms. The summed E-state index contributed by atoms with van der Waals surface area (Å²) in [6.07, 6.45) is 1.57. The van der Waals surface area contributed by atoms with Gasteiger partial charge in [0.15, 0.2) is 0 Å². The van der Waals surface area contributed by atoms with Gasteiger partial charge in [0.25, 0.3) is 0 Å². The monoisotopic (exact) mass is 390 g/mol. The van der Waals surface area contributed by atoms with Crippen molar-refractivity contribution in [2.45, 2.75) is 20.3 Å². The van der Waals surface area contributed by atoms with Crippen LogP contribution in [0.4, 0.5) is 4.79 Å². The fraction of sp³-hybridized carbons (Fsp3) is 0.217. The number of benzene rings is 2. The summed E-state index contributed by atoms with van der Waals surface area (Å²) in [6, 6.07) is 15.1. The molecule has 0 fully saturated rings. The molecule has 0 aliphatic carbocycles. The molecule has 6 heteroatoms. The van der Waals surface area contributed by atoms with Crippen LogP contribution in [-0.4, -0.2) is 35.1 Å². The van der Waals surface area contributed by atoms with E-state index in [2.05, 4.69) is 4.98 Å². The number of rotatable bonds is 3. The van der Waals surface area contributed by atoms with E-state index in [-0.39, 0.29) is 6.61 Å². The number of carbonyl (C=O) groups is 2. The van der Waals surface area contributed by atoms with Gasteiger partial charge in [-0.3, -0.25) is 4.90 Å². The first-order valence-corrected chi connectivity index (χ1v) is 9.61. The molecular weight excluding hydrogens is 368 g/mol. The Morgan fingerprint density at radius 3 is 2.62 bits per heavy atom. The number of esters is 1. The fourth-order valence-corrected chi connectivity index (χ4v) is 3.48. The van der Waals surface area contributed by atoms with Gasteiger partial charge in [-0.1, -0.05) is 35.9 Å². The van der Waals surface area contributed by atoms with Crippen molar-refractivity contribution in [2.75, 3.05) is 13.2 Å². The lowest BCUT2D eigenvalue weighted by Gasteiger charge is -2.17. The third-order valence-corrected chi connectivity index (χ3v) is 4.93. The molecule has 1 N–H and O–H groups in total. The Morgan fingerprint density at radius 2 is 1.86 bits per heavy atom. The first-order valence-electron chi connectivity index (χ1n) is 9.61. The van der Waals surface area contributed by atoms with Crippen molar-refractivity contribution >= 4 is 28.5 Å². The van der Waals surface area contributed by atoms with Gasteiger partial charge in [0.05, 0.1) is 17.9 Å². The highest BCUT2D eigenvalue weighted by Crippen LogP contribution is 2.31. The molecule has 148 valence electrons. The number of aryl methyl sites for hydroxylation is 1. The highest BCUT2D eigenvalue weighted by Gasteiger charge is 2.27.